The Morgan fingerprint density at radius 1 is 1.30 bits per heavy atom. The van der Waals surface area contributed by atoms with Gasteiger partial charge in [0.1, 0.15) is 11.3 Å². The Hall–Kier alpha value is -2.97. The fourth-order valence-corrected chi connectivity index (χ4v) is 4.14. The maximum absolute atomic E-state index is 13.0. The molecule has 0 spiro atoms. The first-order chi connectivity index (χ1) is 14.4. The summed E-state index contributed by atoms with van der Waals surface area (Å²) in [5.74, 6) is 0.457. The Kier molecular flexibility index (Phi) is 5.69. The van der Waals surface area contributed by atoms with Gasteiger partial charge in [-0.1, -0.05) is 29.4 Å². The van der Waals surface area contributed by atoms with Crippen LogP contribution in [0.2, 0.25) is 5.02 Å². The number of amides is 1. The molecule has 7 nitrogen and oxygen atoms in total. The Morgan fingerprint density at radius 3 is 2.87 bits per heavy atom. The van der Waals surface area contributed by atoms with Gasteiger partial charge in [-0.25, -0.2) is 4.98 Å². The van der Waals surface area contributed by atoms with Crippen molar-refractivity contribution >= 4 is 46.0 Å². The minimum absolute atomic E-state index is 0.0731. The van der Waals surface area contributed by atoms with E-state index >= 15 is 0 Å². The highest BCUT2D eigenvalue weighted by atomic mass is 35.5. The molecular formula is C21H19ClN4O3S. The van der Waals surface area contributed by atoms with E-state index in [2.05, 4.69) is 15.3 Å². The van der Waals surface area contributed by atoms with E-state index in [9.17, 15) is 9.59 Å². The lowest BCUT2D eigenvalue weighted by Crippen LogP contribution is -2.24. The molecule has 0 aliphatic rings. The van der Waals surface area contributed by atoms with Crippen LogP contribution in [0, 0.1) is 13.8 Å². The standard InChI is InChI=1S/C21H19ClN4O3S/c1-12-5-6-16(15(22)8-12)24-18(27)11-30-21-25-17-9-13(2)23-19(17)20(28)26(21)10-14-4-3-7-29-14/h3-9,23H,10-11H2,1-2H3,(H,24,27). The van der Waals surface area contributed by atoms with Gasteiger partial charge in [-0.05, 0) is 49.7 Å². The number of furan rings is 1. The molecule has 2 N–H and O–H groups in total. The van der Waals surface area contributed by atoms with E-state index in [4.69, 9.17) is 16.0 Å². The number of carbonyl (C=O) groups excluding carboxylic acids is 1. The molecule has 3 aromatic heterocycles. The van der Waals surface area contributed by atoms with E-state index in [0.29, 0.717) is 32.7 Å². The molecule has 30 heavy (non-hydrogen) atoms. The molecule has 4 rings (SSSR count). The molecule has 9 heteroatoms. The highest BCUT2D eigenvalue weighted by Crippen LogP contribution is 2.24. The van der Waals surface area contributed by atoms with Gasteiger partial charge in [0.15, 0.2) is 5.16 Å². The summed E-state index contributed by atoms with van der Waals surface area (Å²) >= 11 is 7.38. The molecule has 1 aromatic carbocycles. The second kappa shape index (κ2) is 8.41. The first-order valence-electron chi connectivity index (χ1n) is 9.22. The number of nitrogens with zero attached hydrogens (tertiary/aromatic N) is 2. The number of fused-ring (bicyclic) bond motifs is 1. The maximum atomic E-state index is 13.0. The number of benzene rings is 1. The molecule has 4 aromatic rings. The molecule has 0 radical (unpaired) electrons. The smallest absolute Gasteiger partial charge is 0.278 e. The number of hydrogen-bond acceptors (Lipinski definition) is 5. The minimum Gasteiger partial charge on any atom is -0.467 e. The van der Waals surface area contributed by atoms with Crippen molar-refractivity contribution in [3.63, 3.8) is 0 Å². The van der Waals surface area contributed by atoms with Crippen LogP contribution in [0.5, 0.6) is 0 Å². The lowest BCUT2D eigenvalue weighted by atomic mass is 10.2. The van der Waals surface area contributed by atoms with Crippen LogP contribution in [-0.2, 0) is 11.3 Å². The van der Waals surface area contributed by atoms with Gasteiger partial charge >= 0.3 is 0 Å². The summed E-state index contributed by atoms with van der Waals surface area (Å²) in [4.78, 5) is 33.1. The molecule has 0 fully saturated rings. The molecule has 3 heterocycles. The largest absolute Gasteiger partial charge is 0.467 e. The van der Waals surface area contributed by atoms with Gasteiger partial charge in [0.2, 0.25) is 5.91 Å². The molecule has 0 saturated carbocycles. The van der Waals surface area contributed by atoms with Crippen molar-refractivity contribution in [2.75, 3.05) is 11.1 Å². The molecule has 0 saturated heterocycles. The number of aryl methyl sites for hydroxylation is 2. The number of carbonyl (C=O) groups is 1. The number of thioether (sulfide) groups is 1. The number of hydrogen-bond donors (Lipinski definition) is 2. The van der Waals surface area contributed by atoms with Gasteiger partial charge in [0, 0.05) is 5.69 Å². The average Bonchev–Trinajstić information content (AvgIpc) is 3.34. The van der Waals surface area contributed by atoms with Crippen LogP contribution >= 0.6 is 23.4 Å². The monoisotopic (exact) mass is 442 g/mol. The number of halogens is 1. The zero-order valence-corrected chi connectivity index (χ0v) is 17.9. The summed E-state index contributed by atoms with van der Waals surface area (Å²) in [5.41, 5.74) is 3.18. The van der Waals surface area contributed by atoms with Crippen molar-refractivity contribution in [3.8, 4) is 0 Å². The Bertz CT molecular complexity index is 1280. The van der Waals surface area contributed by atoms with Crippen LogP contribution in [0.1, 0.15) is 17.0 Å². The topological polar surface area (TPSA) is 92.9 Å². The van der Waals surface area contributed by atoms with Gasteiger partial charge in [-0.2, -0.15) is 0 Å². The van der Waals surface area contributed by atoms with Gasteiger partial charge in [-0.3, -0.25) is 14.2 Å². The predicted molar refractivity (Wildman–Crippen MR) is 118 cm³/mol. The number of aromatic amines is 1. The van der Waals surface area contributed by atoms with E-state index in [-0.39, 0.29) is 23.8 Å². The van der Waals surface area contributed by atoms with Crippen molar-refractivity contribution < 1.29 is 9.21 Å². The number of H-pyrrole nitrogens is 1. The quantitative estimate of drug-likeness (QED) is 0.341. The molecule has 0 unspecified atom stereocenters. The third-order valence-electron chi connectivity index (χ3n) is 4.46. The Balaban J connectivity index is 1.59. The second-order valence-corrected chi connectivity index (χ2v) is 8.25. The summed E-state index contributed by atoms with van der Waals surface area (Å²) in [6.45, 7) is 4.01. The van der Waals surface area contributed by atoms with Gasteiger partial charge in [0.05, 0.1) is 34.8 Å². The van der Waals surface area contributed by atoms with Crippen molar-refractivity contribution in [2.24, 2.45) is 0 Å². The van der Waals surface area contributed by atoms with Crippen LogP contribution in [0.3, 0.4) is 0 Å². The predicted octanol–water partition coefficient (Wildman–Crippen LogP) is 4.37. The number of anilines is 1. The SMILES string of the molecule is Cc1ccc(NC(=O)CSc2nc3cc(C)[nH]c3c(=O)n2Cc2ccco2)c(Cl)c1. The molecule has 0 aliphatic heterocycles. The summed E-state index contributed by atoms with van der Waals surface area (Å²) in [7, 11) is 0. The number of aromatic nitrogens is 3. The molecule has 0 atom stereocenters. The van der Waals surface area contributed by atoms with E-state index in [1.807, 2.05) is 26.0 Å². The van der Waals surface area contributed by atoms with Gasteiger partial charge in [-0.15, -0.1) is 0 Å². The van der Waals surface area contributed by atoms with Gasteiger partial charge < -0.3 is 14.7 Å². The maximum Gasteiger partial charge on any atom is 0.278 e. The summed E-state index contributed by atoms with van der Waals surface area (Å²) in [6.07, 6.45) is 1.55. The van der Waals surface area contributed by atoms with Crippen LogP contribution in [0.25, 0.3) is 11.0 Å². The van der Waals surface area contributed by atoms with Crippen LogP contribution in [0.15, 0.2) is 57.0 Å². The van der Waals surface area contributed by atoms with Crippen LogP contribution in [0.4, 0.5) is 5.69 Å². The normalized spacial score (nSPS) is 11.2. The Labute approximate surface area is 181 Å². The van der Waals surface area contributed by atoms with Crippen molar-refractivity contribution in [2.45, 2.75) is 25.5 Å². The highest BCUT2D eigenvalue weighted by Gasteiger charge is 2.16. The number of nitrogens with one attached hydrogen (secondary N) is 2. The lowest BCUT2D eigenvalue weighted by Gasteiger charge is -2.11. The van der Waals surface area contributed by atoms with E-state index in [1.54, 1.807) is 30.5 Å². The van der Waals surface area contributed by atoms with Crippen LogP contribution < -0.4 is 10.9 Å². The minimum atomic E-state index is -0.241. The van der Waals surface area contributed by atoms with Crippen molar-refractivity contribution in [3.05, 3.63) is 75.1 Å². The number of rotatable bonds is 6. The van der Waals surface area contributed by atoms with Crippen LogP contribution in [-0.4, -0.2) is 26.2 Å². The zero-order valence-electron chi connectivity index (χ0n) is 16.4. The molecule has 0 bridgehead atoms. The lowest BCUT2D eigenvalue weighted by molar-refractivity contribution is -0.113. The summed E-state index contributed by atoms with van der Waals surface area (Å²) in [5, 5.41) is 3.71. The molecule has 0 aliphatic carbocycles. The van der Waals surface area contributed by atoms with E-state index in [0.717, 1.165) is 11.3 Å². The fourth-order valence-electron chi connectivity index (χ4n) is 3.06. The Morgan fingerprint density at radius 2 is 2.13 bits per heavy atom. The third-order valence-corrected chi connectivity index (χ3v) is 5.75. The van der Waals surface area contributed by atoms with Crippen molar-refractivity contribution in [1.82, 2.24) is 14.5 Å². The van der Waals surface area contributed by atoms with Crippen molar-refractivity contribution in [1.29, 1.82) is 0 Å². The first-order valence-corrected chi connectivity index (χ1v) is 10.6. The summed E-state index contributed by atoms with van der Waals surface area (Å²) < 4.78 is 6.90. The molecule has 1 amide bonds. The average molecular weight is 443 g/mol. The fraction of sp³-hybridized carbons (Fsp3) is 0.190. The molecular weight excluding hydrogens is 424 g/mol. The molecule has 154 valence electrons. The first kappa shape index (κ1) is 20.3. The second-order valence-electron chi connectivity index (χ2n) is 6.90. The zero-order chi connectivity index (χ0) is 21.3. The van der Waals surface area contributed by atoms with Gasteiger partial charge in [0.25, 0.3) is 5.56 Å². The summed E-state index contributed by atoms with van der Waals surface area (Å²) in [6, 6.07) is 10.8. The van der Waals surface area contributed by atoms with E-state index < -0.39 is 0 Å². The third kappa shape index (κ3) is 4.29. The highest BCUT2D eigenvalue weighted by molar-refractivity contribution is 7.99. The van der Waals surface area contributed by atoms with E-state index in [1.165, 1.54) is 16.3 Å².